The lowest BCUT2D eigenvalue weighted by atomic mass is 10.1. The molecule has 1 aromatic rings. The van der Waals surface area contributed by atoms with Crippen molar-refractivity contribution in [1.29, 1.82) is 0 Å². The fourth-order valence-corrected chi connectivity index (χ4v) is 2.66. The number of rotatable bonds is 4. The average molecular weight is 335 g/mol. The second-order valence-electron chi connectivity index (χ2n) is 5.79. The molecule has 130 valence electrons. The smallest absolute Gasteiger partial charge is 0.356 e. The first-order valence-corrected chi connectivity index (χ1v) is 7.89. The summed E-state index contributed by atoms with van der Waals surface area (Å²) in [6.07, 6.45) is 0. The fourth-order valence-electron chi connectivity index (χ4n) is 2.66. The van der Waals surface area contributed by atoms with Crippen molar-refractivity contribution in [2.24, 2.45) is 0 Å². The number of esters is 1. The van der Waals surface area contributed by atoms with E-state index in [2.05, 4.69) is 15.3 Å². The van der Waals surface area contributed by atoms with Crippen LogP contribution in [0.2, 0.25) is 0 Å². The molecule has 0 aromatic carbocycles. The van der Waals surface area contributed by atoms with Crippen LogP contribution in [0.25, 0.3) is 0 Å². The maximum atomic E-state index is 11.9. The fraction of sp³-hybridized carbons (Fsp3) is 0.600. The molecule has 9 nitrogen and oxygen atoms in total. The van der Waals surface area contributed by atoms with Crippen molar-refractivity contribution in [2.75, 3.05) is 56.7 Å². The first-order valence-electron chi connectivity index (χ1n) is 7.89. The summed E-state index contributed by atoms with van der Waals surface area (Å²) in [5.41, 5.74) is 0.208. The lowest BCUT2D eigenvalue weighted by Gasteiger charge is -2.39. The first kappa shape index (κ1) is 16.4. The molecule has 0 unspecified atom stereocenters. The van der Waals surface area contributed by atoms with Crippen LogP contribution in [-0.2, 0) is 14.3 Å². The number of ether oxygens (including phenoxy) is 2. The summed E-state index contributed by atoms with van der Waals surface area (Å²) in [6.45, 7) is 5.35. The molecular formula is C15H21N5O4. The van der Waals surface area contributed by atoms with E-state index in [1.807, 2.05) is 4.90 Å². The molecule has 0 aliphatic carbocycles. The number of hydrogen-bond acceptors (Lipinski definition) is 8. The highest BCUT2D eigenvalue weighted by Crippen LogP contribution is 2.19. The minimum atomic E-state index is -0.506. The molecule has 2 fully saturated rings. The van der Waals surface area contributed by atoms with Crippen LogP contribution in [0.4, 0.5) is 11.8 Å². The van der Waals surface area contributed by atoms with Gasteiger partial charge in [0.05, 0.1) is 26.4 Å². The molecule has 0 radical (unpaired) electrons. The molecule has 1 N–H and O–H groups in total. The standard InChI is InChI=1S/C15H21N5O4/c1-10(21)20-8-11(9-20)16-13-7-12(14(22)23-2)17-15(18-13)19-3-5-24-6-4-19/h7,11H,3-6,8-9H2,1-2H3,(H,16,17,18). The van der Waals surface area contributed by atoms with Crippen molar-refractivity contribution in [2.45, 2.75) is 13.0 Å². The van der Waals surface area contributed by atoms with Crippen LogP contribution in [0.3, 0.4) is 0 Å². The highest BCUT2D eigenvalue weighted by Gasteiger charge is 2.29. The molecule has 3 rings (SSSR count). The Morgan fingerprint density at radius 1 is 1.29 bits per heavy atom. The quantitative estimate of drug-likeness (QED) is 0.752. The van der Waals surface area contributed by atoms with Gasteiger partial charge in [0.2, 0.25) is 11.9 Å². The van der Waals surface area contributed by atoms with Gasteiger partial charge in [0.15, 0.2) is 5.69 Å². The monoisotopic (exact) mass is 335 g/mol. The third kappa shape index (κ3) is 3.56. The van der Waals surface area contributed by atoms with E-state index in [1.165, 1.54) is 7.11 Å². The van der Waals surface area contributed by atoms with Gasteiger partial charge in [-0.25, -0.2) is 9.78 Å². The number of amides is 1. The van der Waals surface area contributed by atoms with Crippen molar-refractivity contribution in [3.05, 3.63) is 11.8 Å². The van der Waals surface area contributed by atoms with Crippen molar-refractivity contribution in [3.63, 3.8) is 0 Å². The van der Waals surface area contributed by atoms with Gasteiger partial charge in [-0.15, -0.1) is 0 Å². The second-order valence-corrected chi connectivity index (χ2v) is 5.79. The zero-order valence-corrected chi connectivity index (χ0v) is 13.8. The van der Waals surface area contributed by atoms with Gasteiger partial charge in [0, 0.05) is 39.2 Å². The Kier molecular flexibility index (Phi) is 4.79. The SMILES string of the molecule is COC(=O)c1cc(NC2CN(C(C)=O)C2)nc(N2CCOCC2)n1. The van der Waals surface area contributed by atoms with Crippen LogP contribution in [0.15, 0.2) is 6.07 Å². The van der Waals surface area contributed by atoms with Gasteiger partial charge in [-0.1, -0.05) is 0 Å². The summed E-state index contributed by atoms with van der Waals surface area (Å²) in [4.78, 5) is 35.7. The Balaban J connectivity index is 1.77. The number of hydrogen-bond donors (Lipinski definition) is 1. The highest BCUT2D eigenvalue weighted by molar-refractivity contribution is 5.88. The molecule has 0 bridgehead atoms. The van der Waals surface area contributed by atoms with Crippen LogP contribution in [0.5, 0.6) is 0 Å². The summed E-state index contributed by atoms with van der Waals surface area (Å²) in [5, 5.41) is 3.25. The van der Waals surface area contributed by atoms with Crippen LogP contribution >= 0.6 is 0 Å². The topological polar surface area (TPSA) is 96.9 Å². The van der Waals surface area contributed by atoms with E-state index in [0.717, 1.165) is 0 Å². The zero-order valence-electron chi connectivity index (χ0n) is 13.8. The molecular weight excluding hydrogens is 314 g/mol. The van der Waals surface area contributed by atoms with Crippen LogP contribution in [0, 0.1) is 0 Å². The number of methoxy groups -OCH3 is 1. The predicted octanol–water partition coefficient (Wildman–Crippen LogP) is -0.258. The number of morpholine rings is 1. The Morgan fingerprint density at radius 3 is 2.62 bits per heavy atom. The van der Waals surface area contributed by atoms with Crippen molar-refractivity contribution >= 4 is 23.6 Å². The third-order valence-electron chi connectivity index (χ3n) is 4.08. The van der Waals surface area contributed by atoms with E-state index in [0.29, 0.717) is 51.2 Å². The number of carbonyl (C=O) groups excluding carboxylic acids is 2. The number of anilines is 2. The Morgan fingerprint density at radius 2 is 2.00 bits per heavy atom. The van der Waals surface area contributed by atoms with Crippen molar-refractivity contribution in [3.8, 4) is 0 Å². The molecule has 0 spiro atoms. The van der Waals surface area contributed by atoms with Gasteiger partial charge in [-0.2, -0.15) is 4.98 Å². The maximum Gasteiger partial charge on any atom is 0.356 e. The van der Waals surface area contributed by atoms with Crippen LogP contribution in [0.1, 0.15) is 17.4 Å². The van der Waals surface area contributed by atoms with Gasteiger partial charge in [0.1, 0.15) is 5.82 Å². The Bertz CT molecular complexity index is 626. The highest BCUT2D eigenvalue weighted by atomic mass is 16.5. The van der Waals surface area contributed by atoms with E-state index in [9.17, 15) is 9.59 Å². The lowest BCUT2D eigenvalue weighted by molar-refractivity contribution is -0.132. The van der Waals surface area contributed by atoms with E-state index in [-0.39, 0.29) is 17.6 Å². The van der Waals surface area contributed by atoms with Crippen molar-refractivity contribution in [1.82, 2.24) is 14.9 Å². The van der Waals surface area contributed by atoms with Gasteiger partial charge < -0.3 is 24.6 Å². The number of carbonyl (C=O) groups is 2. The molecule has 2 aliphatic heterocycles. The van der Waals surface area contributed by atoms with Crippen LogP contribution < -0.4 is 10.2 Å². The van der Waals surface area contributed by atoms with E-state index < -0.39 is 5.97 Å². The van der Waals surface area contributed by atoms with Gasteiger partial charge in [-0.05, 0) is 0 Å². The molecule has 3 heterocycles. The van der Waals surface area contributed by atoms with Crippen molar-refractivity contribution < 1.29 is 19.1 Å². The second kappa shape index (κ2) is 7.00. The summed E-state index contributed by atoms with van der Waals surface area (Å²) in [6, 6.07) is 1.69. The molecule has 0 atom stereocenters. The molecule has 2 aliphatic rings. The zero-order chi connectivity index (χ0) is 17.1. The largest absolute Gasteiger partial charge is 0.464 e. The maximum absolute atomic E-state index is 11.9. The third-order valence-corrected chi connectivity index (χ3v) is 4.08. The van der Waals surface area contributed by atoms with Gasteiger partial charge in [0.25, 0.3) is 0 Å². The van der Waals surface area contributed by atoms with E-state index in [4.69, 9.17) is 9.47 Å². The number of nitrogens with one attached hydrogen (secondary N) is 1. The average Bonchev–Trinajstić information content (AvgIpc) is 2.57. The Labute approximate surface area is 139 Å². The number of likely N-dealkylation sites (tertiary alicyclic amines) is 1. The Hall–Kier alpha value is -2.42. The minimum Gasteiger partial charge on any atom is -0.464 e. The number of nitrogens with zero attached hydrogens (tertiary/aromatic N) is 4. The lowest BCUT2D eigenvalue weighted by Crippen LogP contribution is -2.56. The molecule has 0 saturated carbocycles. The molecule has 24 heavy (non-hydrogen) atoms. The summed E-state index contributed by atoms with van der Waals surface area (Å²) >= 11 is 0. The van der Waals surface area contributed by atoms with Crippen LogP contribution in [-0.4, -0.2) is 79.3 Å². The predicted molar refractivity (Wildman–Crippen MR) is 86.1 cm³/mol. The van der Waals surface area contributed by atoms with E-state index >= 15 is 0 Å². The summed E-state index contributed by atoms with van der Waals surface area (Å²) in [7, 11) is 1.32. The number of aromatic nitrogens is 2. The van der Waals surface area contributed by atoms with Gasteiger partial charge >= 0.3 is 5.97 Å². The summed E-state index contributed by atoms with van der Waals surface area (Å²) < 4.78 is 10.1. The molecule has 9 heteroatoms. The molecule has 2 saturated heterocycles. The van der Waals surface area contributed by atoms with Gasteiger partial charge in [-0.3, -0.25) is 4.79 Å². The normalized spacial score (nSPS) is 18.1. The minimum absolute atomic E-state index is 0.0555. The van der Waals surface area contributed by atoms with E-state index in [1.54, 1.807) is 17.9 Å². The molecule has 1 aromatic heterocycles. The summed E-state index contributed by atoms with van der Waals surface area (Å²) in [5.74, 6) is 0.584. The first-order chi connectivity index (χ1) is 11.6. The molecule has 1 amide bonds.